The van der Waals surface area contributed by atoms with Gasteiger partial charge in [-0.2, -0.15) is 0 Å². The van der Waals surface area contributed by atoms with Crippen LogP contribution in [0.1, 0.15) is 12.6 Å². The summed E-state index contributed by atoms with van der Waals surface area (Å²) in [6.45, 7) is 3.69. The van der Waals surface area contributed by atoms with Crippen LogP contribution in [0.4, 0.5) is 5.00 Å². The van der Waals surface area contributed by atoms with Crippen molar-refractivity contribution in [2.24, 2.45) is 5.84 Å². The highest BCUT2D eigenvalue weighted by atomic mass is 32.1. The number of likely N-dealkylation sites (N-methyl/N-ethyl adjacent to an activating group) is 2. The van der Waals surface area contributed by atoms with Crippen molar-refractivity contribution < 1.29 is 4.79 Å². The third kappa shape index (κ3) is 3.91. The molecule has 0 aromatic carbocycles. The number of nitrogens with one attached hydrogen (secondary N) is 1. The molecule has 0 saturated heterocycles. The largest absolute Gasteiger partial charge is 0.348 e. The minimum atomic E-state index is 0.0669. The van der Waals surface area contributed by atoms with Gasteiger partial charge in [-0.1, -0.05) is 11.4 Å². The minimum Gasteiger partial charge on any atom is -0.348 e. The van der Waals surface area contributed by atoms with Gasteiger partial charge in [0.1, 0.15) is 10.7 Å². The first-order valence-electron chi connectivity index (χ1n) is 5.28. The second kappa shape index (κ2) is 6.48. The second-order valence-electron chi connectivity index (χ2n) is 3.78. The summed E-state index contributed by atoms with van der Waals surface area (Å²) in [5.74, 6) is 5.42. The van der Waals surface area contributed by atoms with Crippen LogP contribution < -0.4 is 11.3 Å². The van der Waals surface area contributed by atoms with E-state index < -0.39 is 0 Å². The van der Waals surface area contributed by atoms with E-state index in [1.165, 1.54) is 11.5 Å². The fraction of sp³-hybridized carbons (Fsp3) is 0.667. The van der Waals surface area contributed by atoms with Crippen molar-refractivity contribution in [3.8, 4) is 0 Å². The number of nitrogens with two attached hydrogens (primary N) is 1. The van der Waals surface area contributed by atoms with E-state index >= 15 is 0 Å². The Morgan fingerprint density at radius 2 is 2.24 bits per heavy atom. The zero-order valence-corrected chi connectivity index (χ0v) is 11.1. The Balaban J connectivity index is 2.61. The van der Waals surface area contributed by atoms with Gasteiger partial charge in [-0.15, -0.1) is 5.10 Å². The first kappa shape index (κ1) is 13.8. The molecule has 0 radical (unpaired) electrons. The van der Waals surface area contributed by atoms with E-state index in [2.05, 4.69) is 15.0 Å². The summed E-state index contributed by atoms with van der Waals surface area (Å²) >= 11 is 1.21. The molecule has 0 fully saturated rings. The molecule has 0 aliphatic carbocycles. The predicted octanol–water partition coefficient (Wildman–Crippen LogP) is -0.266. The molecule has 0 aliphatic rings. The molecule has 0 aliphatic heterocycles. The zero-order chi connectivity index (χ0) is 12.8. The Morgan fingerprint density at radius 1 is 1.53 bits per heavy atom. The average molecular weight is 258 g/mol. The van der Waals surface area contributed by atoms with Gasteiger partial charge in [-0.05, 0) is 6.54 Å². The molecular formula is C9H18N6OS. The molecule has 0 atom stereocenters. The van der Waals surface area contributed by atoms with Crippen LogP contribution in [0, 0.1) is 0 Å². The van der Waals surface area contributed by atoms with Gasteiger partial charge in [-0.3, -0.25) is 9.69 Å². The normalized spacial score (nSPS) is 10.6. The summed E-state index contributed by atoms with van der Waals surface area (Å²) in [6.07, 6.45) is 0. The molecule has 17 heavy (non-hydrogen) atoms. The SMILES string of the molecule is CCN(CC(=O)N(C)C)Cc1nnsc1NN. The highest BCUT2D eigenvalue weighted by Gasteiger charge is 2.15. The summed E-state index contributed by atoms with van der Waals surface area (Å²) in [6, 6.07) is 0. The van der Waals surface area contributed by atoms with Crippen LogP contribution in [0.3, 0.4) is 0 Å². The Bertz CT molecular complexity index is 366. The molecule has 1 amide bonds. The molecule has 3 N–H and O–H groups in total. The number of aromatic nitrogens is 2. The molecule has 96 valence electrons. The summed E-state index contributed by atoms with van der Waals surface area (Å²) in [5.41, 5.74) is 3.32. The third-order valence-corrected chi connectivity index (χ3v) is 3.06. The van der Waals surface area contributed by atoms with Crippen LogP contribution >= 0.6 is 11.5 Å². The lowest BCUT2D eigenvalue weighted by atomic mass is 10.3. The van der Waals surface area contributed by atoms with E-state index in [4.69, 9.17) is 5.84 Å². The van der Waals surface area contributed by atoms with E-state index in [0.717, 1.165) is 17.2 Å². The number of hydrogen-bond donors (Lipinski definition) is 2. The number of nitrogens with zero attached hydrogens (tertiary/aromatic N) is 4. The van der Waals surface area contributed by atoms with Gasteiger partial charge in [0, 0.05) is 32.2 Å². The monoisotopic (exact) mass is 258 g/mol. The Morgan fingerprint density at radius 3 is 2.76 bits per heavy atom. The average Bonchev–Trinajstić information content (AvgIpc) is 2.75. The molecule has 1 aromatic rings. The van der Waals surface area contributed by atoms with Gasteiger partial charge >= 0.3 is 0 Å². The smallest absolute Gasteiger partial charge is 0.236 e. The Kier molecular flexibility index (Phi) is 5.26. The van der Waals surface area contributed by atoms with Crippen molar-refractivity contribution in [1.29, 1.82) is 0 Å². The fourth-order valence-electron chi connectivity index (χ4n) is 1.25. The number of amides is 1. The highest BCUT2D eigenvalue weighted by Crippen LogP contribution is 2.17. The first-order chi connectivity index (χ1) is 8.08. The maximum atomic E-state index is 11.6. The second-order valence-corrected chi connectivity index (χ2v) is 4.54. The van der Waals surface area contributed by atoms with Gasteiger partial charge in [0.2, 0.25) is 5.91 Å². The van der Waals surface area contributed by atoms with Gasteiger partial charge in [0.05, 0.1) is 6.54 Å². The van der Waals surface area contributed by atoms with Crippen molar-refractivity contribution in [1.82, 2.24) is 19.4 Å². The lowest BCUT2D eigenvalue weighted by Gasteiger charge is -2.21. The third-order valence-electron chi connectivity index (χ3n) is 2.37. The number of hydrazine groups is 1. The van der Waals surface area contributed by atoms with E-state index in [0.29, 0.717) is 13.1 Å². The van der Waals surface area contributed by atoms with Crippen LogP contribution in [-0.4, -0.2) is 52.5 Å². The summed E-state index contributed by atoms with van der Waals surface area (Å²) in [5, 5.41) is 4.72. The maximum Gasteiger partial charge on any atom is 0.236 e. The molecule has 0 bridgehead atoms. The van der Waals surface area contributed by atoms with Gasteiger partial charge in [-0.25, -0.2) is 5.84 Å². The van der Waals surface area contributed by atoms with Crippen LogP contribution in [-0.2, 0) is 11.3 Å². The number of rotatable bonds is 6. The molecule has 1 heterocycles. The number of carbonyl (C=O) groups is 1. The summed E-state index contributed by atoms with van der Waals surface area (Å²) < 4.78 is 3.82. The van der Waals surface area contributed by atoms with Crippen LogP contribution in [0.2, 0.25) is 0 Å². The minimum absolute atomic E-state index is 0.0669. The summed E-state index contributed by atoms with van der Waals surface area (Å²) in [4.78, 5) is 15.2. The quantitative estimate of drug-likeness (QED) is 0.540. The van der Waals surface area contributed by atoms with E-state index in [1.54, 1.807) is 19.0 Å². The zero-order valence-electron chi connectivity index (χ0n) is 10.3. The highest BCUT2D eigenvalue weighted by molar-refractivity contribution is 7.10. The van der Waals surface area contributed by atoms with Crippen LogP contribution in [0.5, 0.6) is 0 Å². The molecule has 0 unspecified atom stereocenters. The molecule has 1 aromatic heterocycles. The molecule has 0 saturated carbocycles. The molecule has 7 nitrogen and oxygen atoms in total. The number of anilines is 1. The number of nitrogen functional groups attached to an aromatic ring is 1. The van der Waals surface area contributed by atoms with Crippen molar-refractivity contribution in [2.75, 3.05) is 32.6 Å². The Labute approximate surface area is 105 Å². The van der Waals surface area contributed by atoms with E-state index in [9.17, 15) is 4.79 Å². The van der Waals surface area contributed by atoms with Crippen molar-refractivity contribution in [2.45, 2.75) is 13.5 Å². The molecule has 1 rings (SSSR count). The molecule has 0 spiro atoms. The fourth-order valence-corrected chi connectivity index (χ4v) is 1.73. The predicted molar refractivity (Wildman–Crippen MR) is 67.4 cm³/mol. The van der Waals surface area contributed by atoms with Crippen molar-refractivity contribution in [3.05, 3.63) is 5.69 Å². The first-order valence-corrected chi connectivity index (χ1v) is 6.06. The topological polar surface area (TPSA) is 87.4 Å². The lowest BCUT2D eigenvalue weighted by Crippen LogP contribution is -2.36. The molecule has 8 heteroatoms. The number of hydrogen-bond acceptors (Lipinski definition) is 7. The van der Waals surface area contributed by atoms with Gasteiger partial charge in [0.15, 0.2) is 0 Å². The summed E-state index contributed by atoms with van der Waals surface area (Å²) in [7, 11) is 3.49. The van der Waals surface area contributed by atoms with Crippen molar-refractivity contribution in [3.63, 3.8) is 0 Å². The van der Waals surface area contributed by atoms with E-state index in [1.807, 2.05) is 11.8 Å². The van der Waals surface area contributed by atoms with Crippen molar-refractivity contribution >= 4 is 22.4 Å². The lowest BCUT2D eigenvalue weighted by molar-refractivity contribution is -0.130. The Hall–Kier alpha value is -1.25. The van der Waals surface area contributed by atoms with Crippen LogP contribution in [0.15, 0.2) is 0 Å². The van der Waals surface area contributed by atoms with Gasteiger partial charge in [0.25, 0.3) is 0 Å². The van der Waals surface area contributed by atoms with Crippen LogP contribution in [0.25, 0.3) is 0 Å². The van der Waals surface area contributed by atoms with E-state index in [-0.39, 0.29) is 5.91 Å². The standard InChI is InChI=1S/C9H18N6OS/c1-4-15(6-8(16)14(2)3)5-7-9(11-10)17-13-12-7/h11H,4-6,10H2,1-3H3. The van der Waals surface area contributed by atoms with Gasteiger partial charge < -0.3 is 10.3 Å². The molecular weight excluding hydrogens is 240 g/mol. The number of carbonyl (C=O) groups excluding carboxylic acids is 1. The maximum absolute atomic E-state index is 11.6.